The summed E-state index contributed by atoms with van der Waals surface area (Å²) in [6.07, 6.45) is 4.69. The normalized spacial score (nSPS) is 17.5. The van der Waals surface area contributed by atoms with Crippen LogP contribution in [-0.4, -0.2) is 81.0 Å². The highest BCUT2D eigenvalue weighted by atomic mass is 16.5. The summed E-state index contributed by atoms with van der Waals surface area (Å²) in [7, 11) is 0. The van der Waals surface area contributed by atoms with Gasteiger partial charge in [-0.2, -0.15) is 0 Å². The summed E-state index contributed by atoms with van der Waals surface area (Å²) in [6, 6.07) is 8.13. The molecule has 0 radical (unpaired) electrons. The predicted molar refractivity (Wildman–Crippen MR) is 132 cm³/mol. The van der Waals surface area contributed by atoms with Crippen LogP contribution in [-0.2, 0) is 17.8 Å². The molecule has 2 aromatic heterocycles. The summed E-state index contributed by atoms with van der Waals surface area (Å²) in [6.45, 7) is 8.83. The molecule has 1 saturated carbocycles. The second-order valence-corrected chi connectivity index (χ2v) is 9.45. The summed E-state index contributed by atoms with van der Waals surface area (Å²) in [5.74, 6) is 1.67. The zero-order valence-corrected chi connectivity index (χ0v) is 20.5. The lowest BCUT2D eigenvalue weighted by molar-refractivity contribution is 0.0322. The number of tetrazole rings is 1. The van der Waals surface area contributed by atoms with Gasteiger partial charge < -0.3 is 14.5 Å². The van der Waals surface area contributed by atoms with Gasteiger partial charge in [0.25, 0.3) is 5.56 Å². The van der Waals surface area contributed by atoms with Crippen LogP contribution in [0.4, 0.5) is 0 Å². The van der Waals surface area contributed by atoms with Gasteiger partial charge in [0, 0.05) is 49.2 Å². The number of fused-ring (bicyclic) bond motifs is 1. The van der Waals surface area contributed by atoms with Gasteiger partial charge in [0.1, 0.15) is 5.75 Å². The van der Waals surface area contributed by atoms with Gasteiger partial charge in [0.15, 0.2) is 5.82 Å². The number of H-pyrrole nitrogens is 1. The first-order valence-electron chi connectivity index (χ1n) is 12.8. The van der Waals surface area contributed by atoms with Gasteiger partial charge in [0.05, 0.1) is 32.4 Å². The van der Waals surface area contributed by atoms with Crippen LogP contribution < -0.4 is 10.3 Å². The second-order valence-electron chi connectivity index (χ2n) is 9.45. The maximum absolute atomic E-state index is 13.0. The molecule has 5 rings (SSSR count). The maximum atomic E-state index is 13.0. The SMILES string of the molecule is CCOc1ccc2[nH]c(=O)c(CN(CCN3CCOCC3)Cc3nnnn3C3CCCC3)cc2c1. The molecular weight excluding hydrogens is 446 g/mol. The van der Waals surface area contributed by atoms with E-state index in [1.54, 1.807) is 0 Å². The first-order valence-corrected chi connectivity index (χ1v) is 12.8. The molecule has 10 nitrogen and oxygen atoms in total. The van der Waals surface area contributed by atoms with Crippen molar-refractivity contribution in [2.45, 2.75) is 51.7 Å². The van der Waals surface area contributed by atoms with E-state index in [4.69, 9.17) is 9.47 Å². The van der Waals surface area contributed by atoms with Gasteiger partial charge in [-0.05, 0) is 54.5 Å². The Hall–Kier alpha value is -2.82. The van der Waals surface area contributed by atoms with Crippen molar-refractivity contribution in [3.05, 3.63) is 46.0 Å². The first kappa shape index (κ1) is 23.9. The van der Waals surface area contributed by atoms with E-state index in [-0.39, 0.29) is 5.56 Å². The van der Waals surface area contributed by atoms with Crippen LogP contribution in [0.2, 0.25) is 0 Å². The maximum Gasteiger partial charge on any atom is 0.252 e. The Labute approximate surface area is 205 Å². The highest BCUT2D eigenvalue weighted by Gasteiger charge is 2.23. The molecule has 0 amide bonds. The van der Waals surface area contributed by atoms with Crippen molar-refractivity contribution in [3.8, 4) is 5.75 Å². The number of benzene rings is 1. The fourth-order valence-electron chi connectivity index (χ4n) is 5.12. The molecule has 0 spiro atoms. The predicted octanol–water partition coefficient (Wildman–Crippen LogP) is 2.36. The summed E-state index contributed by atoms with van der Waals surface area (Å²) in [5.41, 5.74) is 1.48. The van der Waals surface area contributed by atoms with E-state index in [0.29, 0.717) is 25.7 Å². The van der Waals surface area contributed by atoms with Gasteiger partial charge in [-0.3, -0.25) is 14.6 Å². The number of hydrogen-bond donors (Lipinski definition) is 1. The topological polar surface area (TPSA) is 101 Å². The van der Waals surface area contributed by atoms with Crippen molar-refractivity contribution in [2.24, 2.45) is 0 Å². The fourth-order valence-corrected chi connectivity index (χ4v) is 5.12. The van der Waals surface area contributed by atoms with E-state index in [1.165, 1.54) is 12.8 Å². The molecule has 0 unspecified atom stereocenters. The van der Waals surface area contributed by atoms with Crippen LogP contribution in [0.3, 0.4) is 0 Å². The van der Waals surface area contributed by atoms with Crippen molar-refractivity contribution in [3.63, 3.8) is 0 Å². The summed E-state index contributed by atoms with van der Waals surface area (Å²) in [5, 5.41) is 13.6. The van der Waals surface area contributed by atoms with Crippen molar-refractivity contribution >= 4 is 10.9 Å². The highest BCUT2D eigenvalue weighted by Crippen LogP contribution is 2.29. The molecule has 35 heavy (non-hydrogen) atoms. The number of pyridine rings is 1. The van der Waals surface area contributed by atoms with Gasteiger partial charge in [-0.15, -0.1) is 5.10 Å². The zero-order valence-electron chi connectivity index (χ0n) is 20.5. The standard InChI is InChI=1S/C25H35N7O3/c1-2-35-22-7-8-23-19(16-22)15-20(25(33)26-23)17-31(10-9-30-11-13-34-14-12-30)18-24-27-28-29-32(24)21-5-3-4-6-21/h7-8,15-16,21H,2-6,9-14,17-18H2,1H3,(H,26,33). The highest BCUT2D eigenvalue weighted by molar-refractivity contribution is 5.80. The van der Waals surface area contributed by atoms with Crippen molar-refractivity contribution in [1.82, 2.24) is 35.0 Å². The smallest absolute Gasteiger partial charge is 0.252 e. The third kappa shape index (κ3) is 5.88. The van der Waals surface area contributed by atoms with Gasteiger partial charge in [-0.25, -0.2) is 4.68 Å². The molecule has 188 valence electrons. The fraction of sp³-hybridized carbons (Fsp3) is 0.600. The minimum atomic E-state index is -0.0617. The van der Waals surface area contributed by atoms with E-state index in [0.717, 1.165) is 80.3 Å². The van der Waals surface area contributed by atoms with Crippen LogP contribution in [0, 0.1) is 0 Å². The molecular formula is C25H35N7O3. The van der Waals surface area contributed by atoms with E-state index in [1.807, 2.05) is 35.9 Å². The molecule has 1 N–H and O–H groups in total. The van der Waals surface area contributed by atoms with Crippen LogP contribution in [0.5, 0.6) is 5.75 Å². The van der Waals surface area contributed by atoms with E-state index >= 15 is 0 Å². The quantitative estimate of drug-likeness (QED) is 0.471. The minimum absolute atomic E-state index is 0.0617. The Morgan fingerprint density at radius 3 is 2.80 bits per heavy atom. The third-order valence-corrected chi connectivity index (χ3v) is 7.03. The number of ether oxygens (including phenoxy) is 2. The van der Waals surface area contributed by atoms with E-state index < -0.39 is 0 Å². The Morgan fingerprint density at radius 2 is 2.00 bits per heavy atom. The Balaban J connectivity index is 1.38. The molecule has 2 fully saturated rings. The monoisotopic (exact) mass is 481 g/mol. The average molecular weight is 482 g/mol. The molecule has 1 aliphatic heterocycles. The van der Waals surface area contributed by atoms with Crippen molar-refractivity contribution in [2.75, 3.05) is 46.0 Å². The summed E-state index contributed by atoms with van der Waals surface area (Å²) in [4.78, 5) is 20.7. The second kappa shape index (κ2) is 11.3. The number of aromatic nitrogens is 5. The van der Waals surface area contributed by atoms with Gasteiger partial charge in [-0.1, -0.05) is 12.8 Å². The number of hydrogen-bond acceptors (Lipinski definition) is 8. The van der Waals surface area contributed by atoms with Crippen molar-refractivity contribution in [1.29, 1.82) is 0 Å². The van der Waals surface area contributed by atoms with Crippen LogP contribution in [0.1, 0.15) is 50.0 Å². The molecule has 0 bridgehead atoms. The summed E-state index contributed by atoms with van der Waals surface area (Å²) < 4.78 is 13.2. The lowest BCUT2D eigenvalue weighted by atomic mass is 10.1. The number of morpholine rings is 1. The van der Waals surface area contributed by atoms with Gasteiger partial charge in [0.2, 0.25) is 0 Å². The van der Waals surface area contributed by atoms with E-state index in [2.05, 4.69) is 30.3 Å². The zero-order chi connectivity index (χ0) is 24.0. The van der Waals surface area contributed by atoms with Crippen LogP contribution in [0.15, 0.2) is 29.1 Å². The molecule has 3 heterocycles. The van der Waals surface area contributed by atoms with Gasteiger partial charge >= 0.3 is 0 Å². The lowest BCUT2D eigenvalue weighted by Crippen LogP contribution is -2.41. The Kier molecular flexibility index (Phi) is 7.70. The number of aromatic amines is 1. The molecule has 0 atom stereocenters. The molecule has 3 aromatic rings. The van der Waals surface area contributed by atoms with E-state index in [9.17, 15) is 4.79 Å². The lowest BCUT2D eigenvalue weighted by Gasteiger charge is -2.30. The molecule has 10 heteroatoms. The first-order chi connectivity index (χ1) is 17.2. The summed E-state index contributed by atoms with van der Waals surface area (Å²) >= 11 is 0. The van der Waals surface area contributed by atoms with Crippen molar-refractivity contribution < 1.29 is 9.47 Å². The molecule has 1 saturated heterocycles. The number of rotatable bonds is 10. The minimum Gasteiger partial charge on any atom is -0.494 e. The Bertz CT molecular complexity index is 1170. The molecule has 2 aliphatic rings. The average Bonchev–Trinajstić information content (AvgIpc) is 3.56. The number of nitrogens with zero attached hydrogens (tertiary/aromatic N) is 6. The largest absolute Gasteiger partial charge is 0.494 e. The van der Waals surface area contributed by atoms with Crippen LogP contribution in [0.25, 0.3) is 10.9 Å². The Morgan fingerprint density at radius 1 is 1.17 bits per heavy atom. The third-order valence-electron chi connectivity index (χ3n) is 7.03. The molecule has 1 aromatic carbocycles. The van der Waals surface area contributed by atoms with Crippen LogP contribution >= 0.6 is 0 Å². The number of nitrogens with one attached hydrogen (secondary N) is 1. The molecule has 1 aliphatic carbocycles.